The van der Waals surface area contributed by atoms with Crippen molar-refractivity contribution in [1.82, 2.24) is 10.2 Å². The minimum Gasteiger partial charge on any atom is -0.319 e. The lowest BCUT2D eigenvalue weighted by atomic mass is 10.1. The molecule has 1 aliphatic rings. The maximum atomic E-state index is 3.52. The number of nitrogens with zero attached hydrogens (tertiary/aromatic N) is 1. The molecule has 0 aliphatic heterocycles. The van der Waals surface area contributed by atoms with Crippen LogP contribution in [0.3, 0.4) is 0 Å². The van der Waals surface area contributed by atoms with Gasteiger partial charge >= 0.3 is 0 Å². The van der Waals surface area contributed by atoms with Gasteiger partial charge in [-0.05, 0) is 50.0 Å². The molecular formula is C14H21BrN2. The Morgan fingerprint density at radius 1 is 1.41 bits per heavy atom. The van der Waals surface area contributed by atoms with Crippen LogP contribution >= 0.6 is 15.9 Å². The first-order chi connectivity index (χ1) is 8.13. The van der Waals surface area contributed by atoms with Crippen LogP contribution in [0.1, 0.15) is 18.4 Å². The average molecular weight is 297 g/mol. The van der Waals surface area contributed by atoms with Crippen LogP contribution in [-0.4, -0.2) is 32.1 Å². The summed E-state index contributed by atoms with van der Waals surface area (Å²) in [7, 11) is 4.27. The topological polar surface area (TPSA) is 15.3 Å². The molecule has 0 saturated heterocycles. The van der Waals surface area contributed by atoms with E-state index in [0.717, 1.165) is 13.1 Å². The largest absolute Gasteiger partial charge is 0.319 e. The fourth-order valence-corrected chi connectivity index (χ4v) is 2.96. The summed E-state index contributed by atoms with van der Waals surface area (Å²) in [5.41, 5.74) is 1.93. The maximum Gasteiger partial charge on any atom is 0.0231 e. The van der Waals surface area contributed by atoms with Crippen LogP contribution in [0.2, 0.25) is 0 Å². The zero-order valence-electron chi connectivity index (χ0n) is 10.7. The Balaban J connectivity index is 1.87. The van der Waals surface area contributed by atoms with Gasteiger partial charge in [0.25, 0.3) is 0 Å². The van der Waals surface area contributed by atoms with Gasteiger partial charge in [-0.2, -0.15) is 0 Å². The molecule has 1 N–H and O–H groups in total. The SMILES string of the molecule is CNCC1(CN(C)Cc2cccc(Br)c2)CC1. The van der Waals surface area contributed by atoms with Crippen LogP contribution in [0.25, 0.3) is 0 Å². The fourth-order valence-electron chi connectivity index (χ4n) is 2.52. The highest BCUT2D eigenvalue weighted by molar-refractivity contribution is 9.10. The molecule has 0 aromatic heterocycles. The molecule has 0 unspecified atom stereocenters. The first-order valence-corrected chi connectivity index (χ1v) is 7.00. The zero-order chi connectivity index (χ0) is 12.3. The minimum atomic E-state index is 0.551. The van der Waals surface area contributed by atoms with Gasteiger partial charge in [-0.15, -0.1) is 0 Å². The molecule has 1 aromatic carbocycles. The standard InChI is InChI=1S/C14H21BrN2/c1-16-10-14(6-7-14)11-17(2)9-12-4-3-5-13(15)8-12/h3-5,8,16H,6-7,9-11H2,1-2H3. The van der Waals surface area contributed by atoms with Gasteiger partial charge in [-0.1, -0.05) is 28.1 Å². The number of nitrogens with one attached hydrogen (secondary N) is 1. The van der Waals surface area contributed by atoms with Crippen molar-refractivity contribution in [3.63, 3.8) is 0 Å². The van der Waals surface area contributed by atoms with Crippen molar-refractivity contribution in [2.24, 2.45) is 5.41 Å². The lowest BCUT2D eigenvalue weighted by Gasteiger charge is -2.23. The molecule has 0 heterocycles. The van der Waals surface area contributed by atoms with Crippen molar-refractivity contribution in [3.05, 3.63) is 34.3 Å². The molecule has 3 heteroatoms. The van der Waals surface area contributed by atoms with Crippen molar-refractivity contribution in [2.75, 3.05) is 27.2 Å². The van der Waals surface area contributed by atoms with Crippen molar-refractivity contribution >= 4 is 15.9 Å². The molecular weight excluding hydrogens is 276 g/mol. The summed E-state index contributed by atoms with van der Waals surface area (Å²) in [4.78, 5) is 2.44. The van der Waals surface area contributed by atoms with E-state index in [2.05, 4.69) is 57.5 Å². The first-order valence-electron chi connectivity index (χ1n) is 6.21. The average Bonchev–Trinajstić information content (AvgIpc) is 2.97. The van der Waals surface area contributed by atoms with E-state index in [9.17, 15) is 0 Å². The molecule has 2 rings (SSSR count). The van der Waals surface area contributed by atoms with E-state index in [1.54, 1.807) is 0 Å². The quantitative estimate of drug-likeness (QED) is 0.868. The summed E-state index contributed by atoms with van der Waals surface area (Å²) in [6, 6.07) is 8.58. The number of hydrogen-bond acceptors (Lipinski definition) is 2. The van der Waals surface area contributed by atoms with E-state index in [-0.39, 0.29) is 0 Å². The predicted molar refractivity (Wildman–Crippen MR) is 76.1 cm³/mol. The van der Waals surface area contributed by atoms with Crippen molar-refractivity contribution in [3.8, 4) is 0 Å². The van der Waals surface area contributed by atoms with Crippen LogP contribution in [-0.2, 0) is 6.54 Å². The monoisotopic (exact) mass is 296 g/mol. The van der Waals surface area contributed by atoms with Crippen LogP contribution in [0.5, 0.6) is 0 Å². The van der Waals surface area contributed by atoms with Gasteiger partial charge in [0.05, 0.1) is 0 Å². The van der Waals surface area contributed by atoms with Crippen molar-refractivity contribution in [2.45, 2.75) is 19.4 Å². The summed E-state index contributed by atoms with van der Waals surface area (Å²) in [5.74, 6) is 0. The smallest absolute Gasteiger partial charge is 0.0231 e. The van der Waals surface area contributed by atoms with E-state index in [0.29, 0.717) is 5.41 Å². The Morgan fingerprint density at radius 3 is 2.76 bits per heavy atom. The van der Waals surface area contributed by atoms with Gasteiger partial charge in [-0.25, -0.2) is 0 Å². The fraction of sp³-hybridized carbons (Fsp3) is 0.571. The Hall–Kier alpha value is -0.380. The van der Waals surface area contributed by atoms with Gasteiger partial charge in [0.2, 0.25) is 0 Å². The lowest BCUT2D eigenvalue weighted by Crippen LogP contribution is -2.32. The Kier molecular flexibility index (Phi) is 4.23. The van der Waals surface area contributed by atoms with Crippen molar-refractivity contribution < 1.29 is 0 Å². The molecule has 94 valence electrons. The third-order valence-corrected chi connectivity index (χ3v) is 3.95. The van der Waals surface area contributed by atoms with Gasteiger partial charge in [0.1, 0.15) is 0 Å². The molecule has 2 nitrogen and oxygen atoms in total. The molecule has 1 saturated carbocycles. The van der Waals surface area contributed by atoms with Gasteiger partial charge < -0.3 is 10.2 Å². The normalized spacial score (nSPS) is 17.4. The van der Waals surface area contributed by atoms with E-state index in [1.807, 2.05) is 7.05 Å². The molecule has 1 aromatic rings. The summed E-state index contributed by atoms with van der Waals surface area (Å²) in [6.07, 6.45) is 2.74. The molecule has 0 bridgehead atoms. The van der Waals surface area contributed by atoms with Gasteiger partial charge in [0.15, 0.2) is 0 Å². The summed E-state index contributed by atoms with van der Waals surface area (Å²) in [5, 5.41) is 3.31. The van der Waals surface area contributed by atoms with E-state index >= 15 is 0 Å². The highest BCUT2D eigenvalue weighted by atomic mass is 79.9. The third-order valence-electron chi connectivity index (χ3n) is 3.46. The predicted octanol–water partition coefficient (Wildman–Crippen LogP) is 2.88. The Bertz CT molecular complexity index is 374. The zero-order valence-corrected chi connectivity index (χ0v) is 12.3. The molecule has 0 radical (unpaired) electrons. The van der Waals surface area contributed by atoms with Gasteiger partial charge in [0, 0.05) is 24.1 Å². The van der Waals surface area contributed by atoms with Crippen LogP contribution < -0.4 is 5.32 Å². The maximum absolute atomic E-state index is 3.52. The second kappa shape index (κ2) is 5.51. The minimum absolute atomic E-state index is 0.551. The highest BCUT2D eigenvalue weighted by Gasteiger charge is 2.42. The van der Waals surface area contributed by atoms with Crippen LogP contribution in [0, 0.1) is 5.41 Å². The second-order valence-electron chi connectivity index (χ2n) is 5.33. The van der Waals surface area contributed by atoms with E-state index < -0.39 is 0 Å². The molecule has 17 heavy (non-hydrogen) atoms. The van der Waals surface area contributed by atoms with Crippen molar-refractivity contribution in [1.29, 1.82) is 0 Å². The number of rotatable bonds is 6. The molecule has 0 atom stereocenters. The Morgan fingerprint density at radius 2 is 2.18 bits per heavy atom. The highest BCUT2D eigenvalue weighted by Crippen LogP contribution is 2.45. The second-order valence-corrected chi connectivity index (χ2v) is 6.25. The number of benzene rings is 1. The summed E-state index contributed by atoms with van der Waals surface area (Å²) in [6.45, 7) is 3.38. The third kappa shape index (κ3) is 3.80. The Labute approximate surface area is 113 Å². The van der Waals surface area contributed by atoms with E-state index in [1.165, 1.54) is 29.4 Å². The lowest BCUT2D eigenvalue weighted by molar-refractivity contribution is 0.252. The molecule has 1 fully saturated rings. The first kappa shape index (κ1) is 13.1. The summed E-state index contributed by atoms with van der Waals surface area (Å²) >= 11 is 3.52. The molecule has 0 spiro atoms. The summed E-state index contributed by atoms with van der Waals surface area (Å²) < 4.78 is 1.17. The molecule has 1 aliphatic carbocycles. The van der Waals surface area contributed by atoms with E-state index in [4.69, 9.17) is 0 Å². The van der Waals surface area contributed by atoms with Crippen LogP contribution in [0.4, 0.5) is 0 Å². The van der Waals surface area contributed by atoms with Gasteiger partial charge in [-0.3, -0.25) is 0 Å². The molecule has 0 amide bonds. The van der Waals surface area contributed by atoms with Crippen LogP contribution in [0.15, 0.2) is 28.7 Å². The number of halogens is 1. The number of hydrogen-bond donors (Lipinski definition) is 1.